The first-order chi connectivity index (χ1) is 14.7. The molecule has 0 aliphatic rings. The second-order valence-electron chi connectivity index (χ2n) is 5.79. The third-order valence-corrected chi connectivity index (χ3v) is 3.20. The van der Waals surface area contributed by atoms with Gasteiger partial charge in [0, 0.05) is 7.11 Å². The predicted octanol–water partition coefficient (Wildman–Crippen LogP) is 7.38. The molecule has 0 fully saturated rings. The van der Waals surface area contributed by atoms with Gasteiger partial charge in [0.05, 0.1) is 6.61 Å². The molecule has 0 aromatic heterocycles. The summed E-state index contributed by atoms with van der Waals surface area (Å²) in [5.41, 5.74) is 0. The first kappa shape index (κ1) is 29.8. The smallest absolute Gasteiger partial charge is 0.119 e. The summed E-state index contributed by atoms with van der Waals surface area (Å²) in [6, 6.07) is 26.1. The minimum Gasteiger partial charge on any atom is -0.491 e. The second-order valence-corrected chi connectivity index (χ2v) is 5.79. The number of para-hydroxylation sites is 1. The zero-order chi connectivity index (χ0) is 23.0. The van der Waals surface area contributed by atoms with Crippen molar-refractivity contribution in [1.82, 2.24) is 0 Å². The Morgan fingerprint density at radius 2 is 1.03 bits per heavy atom. The van der Waals surface area contributed by atoms with Crippen LogP contribution in [-0.4, -0.2) is 31.5 Å². The Labute approximate surface area is 184 Å². The molecule has 3 heteroatoms. The van der Waals surface area contributed by atoms with E-state index in [-0.39, 0.29) is 6.61 Å². The molecule has 0 bridgehead atoms. The van der Waals surface area contributed by atoms with Crippen molar-refractivity contribution in [2.24, 2.45) is 0 Å². The molecular weight excluding hydrogens is 372 g/mol. The van der Waals surface area contributed by atoms with Gasteiger partial charge in [-0.3, -0.25) is 0 Å². The molecule has 1 atom stereocenters. The van der Waals surface area contributed by atoms with Gasteiger partial charge in [0.15, 0.2) is 0 Å². The molecule has 3 nitrogen and oxygen atoms in total. The molecule has 0 spiro atoms. The number of fused-ring (bicyclic) bond motifs is 1. The summed E-state index contributed by atoms with van der Waals surface area (Å²) in [6.45, 7) is 12.8. The van der Waals surface area contributed by atoms with Gasteiger partial charge in [0.2, 0.25) is 0 Å². The maximum atomic E-state index is 9.26. The van der Waals surface area contributed by atoms with Crippen molar-refractivity contribution in [2.75, 3.05) is 20.3 Å². The molecule has 0 radical (unpaired) electrons. The monoisotopic (exact) mass is 414 g/mol. The highest BCUT2D eigenvalue weighted by atomic mass is 16.5. The van der Waals surface area contributed by atoms with Crippen LogP contribution in [0.25, 0.3) is 10.8 Å². The molecule has 168 valence electrons. The van der Waals surface area contributed by atoms with E-state index in [0.717, 1.165) is 5.75 Å². The van der Waals surface area contributed by atoms with Crippen LogP contribution in [-0.2, 0) is 4.74 Å². The minimum absolute atomic E-state index is 0.262. The molecule has 0 saturated carbocycles. The molecule has 0 saturated heterocycles. The molecule has 0 aliphatic heterocycles. The van der Waals surface area contributed by atoms with Crippen molar-refractivity contribution in [3.05, 3.63) is 78.9 Å². The fourth-order valence-corrected chi connectivity index (χ4v) is 2.08. The Balaban J connectivity index is 0. The van der Waals surface area contributed by atoms with E-state index in [9.17, 15) is 5.11 Å². The Bertz CT molecular complexity index is 633. The van der Waals surface area contributed by atoms with Crippen molar-refractivity contribution in [3.8, 4) is 5.75 Å². The van der Waals surface area contributed by atoms with Gasteiger partial charge >= 0.3 is 0 Å². The van der Waals surface area contributed by atoms with E-state index in [1.165, 1.54) is 17.2 Å². The fourth-order valence-electron chi connectivity index (χ4n) is 2.08. The van der Waals surface area contributed by atoms with E-state index in [1.807, 2.05) is 58.0 Å². The highest BCUT2D eigenvalue weighted by Gasteiger charge is 2.03. The normalized spacial score (nSPS) is 9.73. The molecule has 3 aromatic rings. The van der Waals surface area contributed by atoms with Crippen LogP contribution in [0.15, 0.2) is 78.9 Å². The molecule has 0 heterocycles. The van der Waals surface area contributed by atoms with Crippen LogP contribution >= 0.6 is 0 Å². The average Bonchev–Trinajstić information content (AvgIpc) is 2.82. The van der Waals surface area contributed by atoms with E-state index in [2.05, 4.69) is 62.4 Å². The van der Waals surface area contributed by atoms with Crippen LogP contribution in [0, 0.1) is 0 Å². The summed E-state index contributed by atoms with van der Waals surface area (Å²) in [6.07, 6.45) is 0.685. The van der Waals surface area contributed by atoms with Crippen molar-refractivity contribution < 1.29 is 14.6 Å². The number of hydrogen-bond donors (Lipinski definition) is 1. The maximum absolute atomic E-state index is 9.26. The molecule has 30 heavy (non-hydrogen) atoms. The first-order valence-corrected chi connectivity index (χ1v) is 11.0. The van der Waals surface area contributed by atoms with E-state index >= 15 is 0 Å². The van der Waals surface area contributed by atoms with Crippen LogP contribution in [0.5, 0.6) is 5.75 Å². The molecule has 1 N–H and O–H groups in total. The summed E-state index contributed by atoms with van der Waals surface area (Å²) in [5, 5.41) is 11.9. The van der Waals surface area contributed by atoms with Gasteiger partial charge in [-0.15, -0.1) is 0 Å². The Hall–Kier alpha value is -2.36. The van der Waals surface area contributed by atoms with E-state index in [1.54, 1.807) is 7.11 Å². The van der Waals surface area contributed by atoms with E-state index in [0.29, 0.717) is 6.61 Å². The summed E-state index contributed by atoms with van der Waals surface area (Å²) >= 11 is 0. The van der Waals surface area contributed by atoms with E-state index < -0.39 is 6.10 Å². The molecule has 0 aliphatic carbocycles. The highest BCUT2D eigenvalue weighted by Crippen LogP contribution is 2.11. The summed E-state index contributed by atoms with van der Waals surface area (Å²) in [5.74, 6) is 0.762. The molecule has 0 amide bonds. The van der Waals surface area contributed by atoms with Gasteiger partial charge in [-0.25, -0.2) is 0 Å². The number of methoxy groups -OCH3 is 1. The Morgan fingerprint density at radius 1 is 0.667 bits per heavy atom. The lowest BCUT2D eigenvalue weighted by Gasteiger charge is -2.10. The summed E-state index contributed by atoms with van der Waals surface area (Å²) in [7, 11) is 1.55. The number of rotatable bonds is 5. The number of ether oxygens (including phenoxy) is 2. The third-order valence-electron chi connectivity index (χ3n) is 3.20. The largest absolute Gasteiger partial charge is 0.491 e. The number of aliphatic hydroxyl groups is 1. The third kappa shape index (κ3) is 15.5. The standard InChI is InChI=1S/C10H14O3.C10H8.C3H8.2C2H6/c1-12-7-9(11)8-13-10-5-3-2-4-6-10;1-2-6-10-8-4-3-7-9(10)5-1;1-3-2;2*1-2/h2-6,9,11H,7-8H2,1H3;1-8H;3H2,1-2H3;2*1-2H3. The molecular formula is C27H42O3. The van der Waals surface area contributed by atoms with Gasteiger partial charge in [0.1, 0.15) is 18.5 Å². The SMILES string of the molecule is CC.CC.CCC.COCC(O)COc1ccccc1.c1ccc2ccccc2c1. The van der Waals surface area contributed by atoms with Gasteiger partial charge < -0.3 is 14.6 Å². The Morgan fingerprint density at radius 3 is 1.40 bits per heavy atom. The summed E-state index contributed by atoms with van der Waals surface area (Å²) < 4.78 is 10.1. The predicted molar refractivity (Wildman–Crippen MR) is 132 cm³/mol. The van der Waals surface area contributed by atoms with Gasteiger partial charge in [-0.1, -0.05) is 115 Å². The molecule has 3 aromatic carbocycles. The minimum atomic E-state index is -0.565. The maximum Gasteiger partial charge on any atom is 0.119 e. The first-order valence-electron chi connectivity index (χ1n) is 11.0. The van der Waals surface area contributed by atoms with Crippen molar-refractivity contribution in [2.45, 2.75) is 54.1 Å². The van der Waals surface area contributed by atoms with Crippen LogP contribution < -0.4 is 4.74 Å². The zero-order valence-corrected chi connectivity index (χ0v) is 20.0. The van der Waals surface area contributed by atoms with Crippen molar-refractivity contribution >= 4 is 10.8 Å². The number of hydrogen-bond acceptors (Lipinski definition) is 3. The van der Waals surface area contributed by atoms with Crippen molar-refractivity contribution in [1.29, 1.82) is 0 Å². The fraction of sp³-hybridized carbons (Fsp3) is 0.407. The summed E-state index contributed by atoms with van der Waals surface area (Å²) in [4.78, 5) is 0. The lowest BCUT2D eigenvalue weighted by molar-refractivity contribution is 0.0325. The molecule has 3 rings (SSSR count). The van der Waals surface area contributed by atoms with Crippen molar-refractivity contribution in [3.63, 3.8) is 0 Å². The topological polar surface area (TPSA) is 38.7 Å². The lowest BCUT2D eigenvalue weighted by Crippen LogP contribution is -2.22. The van der Waals surface area contributed by atoms with Gasteiger partial charge in [-0.05, 0) is 22.9 Å². The average molecular weight is 415 g/mol. The van der Waals surface area contributed by atoms with E-state index in [4.69, 9.17) is 9.47 Å². The van der Waals surface area contributed by atoms with Crippen LogP contribution in [0.4, 0.5) is 0 Å². The zero-order valence-electron chi connectivity index (χ0n) is 20.0. The van der Waals surface area contributed by atoms with Crippen LogP contribution in [0.3, 0.4) is 0 Å². The van der Waals surface area contributed by atoms with Gasteiger partial charge in [0.25, 0.3) is 0 Å². The quantitative estimate of drug-likeness (QED) is 0.473. The lowest BCUT2D eigenvalue weighted by atomic mass is 10.1. The second kappa shape index (κ2) is 22.9. The number of benzene rings is 3. The highest BCUT2D eigenvalue weighted by molar-refractivity contribution is 5.81. The molecule has 1 unspecified atom stereocenters. The Kier molecular flexibility index (Phi) is 22.8. The number of aliphatic hydroxyl groups excluding tert-OH is 1. The van der Waals surface area contributed by atoms with Crippen LogP contribution in [0.1, 0.15) is 48.0 Å². The van der Waals surface area contributed by atoms with Crippen LogP contribution in [0.2, 0.25) is 0 Å². The van der Waals surface area contributed by atoms with Gasteiger partial charge in [-0.2, -0.15) is 0 Å².